The van der Waals surface area contributed by atoms with Crippen LogP contribution >= 0.6 is 12.4 Å². The summed E-state index contributed by atoms with van der Waals surface area (Å²) in [5.41, 5.74) is 2.10. The topological polar surface area (TPSA) is 75.9 Å². The Morgan fingerprint density at radius 1 is 1.20 bits per heavy atom. The molecule has 7 nitrogen and oxygen atoms in total. The fourth-order valence-electron chi connectivity index (χ4n) is 3.72. The summed E-state index contributed by atoms with van der Waals surface area (Å²) in [6.07, 6.45) is 3.22. The maximum absolute atomic E-state index is 12.7. The van der Waals surface area contributed by atoms with Crippen molar-refractivity contribution in [1.82, 2.24) is 30.4 Å². The molecule has 1 aromatic carbocycles. The fraction of sp³-hybridized carbons (Fsp3) is 0.529. The molecule has 0 saturated carbocycles. The SMILES string of the molecule is Cc1ccc(-c2nnn(CC(=O)N3C4CCNCC3CC4)n2)cc1.Cl. The zero-order chi connectivity index (χ0) is 16.5. The van der Waals surface area contributed by atoms with E-state index in [4.69, 9.17) is 0 Å². The second-order valence-electron chi connectivity index (χ2n) is 6.69. The Morgan fingerprint density at radius 3 is 2.76 bits per heavy atom. The van der Waals surface area contributed by atoms with Gasteiger partial charge in [0.2, 0.25) is 11.7 Å². The number of benzene rings is 1. The minimum absolute atomic E-state index is 0. The van der Waals surface area contributed by atoms with Crippen molar-refractivity contribution >= 4 is 18.3 Å². The van der Waals surface area contributed by atoms with E-state index in [1.54, 1.807) is 0 Å². The quantitative estimate of drug-likeness (QED) is 0.893. The van der Waals surface area contributed by atoms with Crippen LogP contribution < -0.4 is 5.32 Å². The minimum Gasteiger partial charge on any atom is -0.334 e. The van der Waals surface area contributed by atoms with Crippen LogP contribution in [0.25, 0.3) is 11.4 Å². The fourth-order valence-corrected chi connectivity index (χ4v) is 3.72. The first-order valence-electron chi connectivity index (χ1n) is 8.57. The highest BCUT2D eigenvalue weighted by Crippen LogP contribution is 2.28. The van der Waals surface area contributed by atoms with Crippen molar-refractivity contribution in [2.45, 2.75) is 44.8 Å². The van der Waals surface area contributed by atoms with Gasteiger partial charge in [-0.25, -0.2) is 0 Å². The van der Waals surface area contributed by atoms with Gasteiger partial charge in [-0.15, -0.1) is 22.6 Å². The summed E-state index contributed by atoms with van der Waals surface area (Å²) in [5.74, 6) is 0.655. The lowest BCUT2D eigenvalue weighted by molar-refractivity contribution is -0.134. The van der Waals surface area contributed by atoms with Gasteiger partial charge in [-0.2, -0.15) is 4.80 Å². The average molecular weight is 363 g/mol. The molecule has 2 unspecified atom stereocenters. The number of rotatable bonds is 3. The summed E-state index contributed by atoms with van der Waals surface area (Å²) >= 11 is 0. The van der Waals surface area contributed by atoms with E-state index >= 15 is 0 Å². The van der Waals surface area contributed by atoms with Crippen molar-refractivity contribution in [1.29, 1.82) is 0 Å². The number of hydrogen-bond donors (Lipinski definition) is 1. The lowest BCUT2D eigenvalue weighted by atomic mass is 10.1. The van der Waals surface area contributed by atoms with E-state index in [0.717, 1.165) is 37.9 Å². The van der Waals surface area contributed by atoms with Crippen LogP contribution in [0.4, 0.5) is 0 Å². The Bertz CT molecular complexity index is 717. The van der Waals surface area contributed by atoms with Gasteiger partial charge < -0.3 is 10.2 Å². The Hall–Kier alpha value is -1.99. The number of tetrazole rings is 1. The summed E-state index contributed by atoms with van der Waals surface area (Å²) in [5, 5.41) is 15.9. The smallest absolute Gasteiger partial charge is 0.246 e. The molecule has 2 aliphatic heterocycles. The molecule has 1 amide bonds. The van der Waals surface area contributed by atoms with Crippen LogP contribution in [-0.4, -0.2) is 56.2 Å². The molecule has 3 heterocycles. The molecule has 0 aliphatic carbocycles. The van der Waals surface area contributed by atoms with Crippen LogP contribution in [0.1, 0.15) is 24.8 Å². The number of aromatic nitrogens is 4. The number of nitrogens with zero attached hydrogens (tertiary/aromatic N) is 5. The van der Waals surface area contributed by atoms with Gasteiger partial charge in [0.25, 0.3) is 0 Å². The molecule has 2 atom stereocenters. The van der Waals surface area contributed by atoms with Gasteiger partial charge in [0.1, 0.15) is 6.54 Å². The van der Waals surface area contributed by atoms with Gasteiger partial charge in [-0.3, -0.25) is 4.79 Å². The van der Waals surface area contributed by atoms with E-state index in [1.807, 2.05) is 31.2 Å². The van der Waals surface area contributed by atoms with Gasteiger partial charge in [0.05, 0.1) is 0 Å². The first-order chi connectivity index (χ1) is 11.7. The Kier molecular flexibility index (Phi) is 5.34. The molecule has 2 aliphatic rings. The van der Waals surface area contributed by atoms with Crippen LogP contribution in [0.3, 0.4) is 0 Å². The maximum Gasteiger partial charge on any atom is 0.246 e. The molecule has 2 saturated heterocycles. The van der Waals surface area contributed by atoms with Crippen molar-refractivity contribution < 1.29 is 4.79 Å². The summed E-state index contributed by atoms with van der Waals surface area (Å²) in [6, 6.07) is 8.65. The number of carbonyl (C=O) groups is 1. The van der Waals surface area contributed by atoms with Crippen molar-refractivity contribution in [2.75, 3.05) is 13.1 Å². The first kappa shape index (κ1) is 17.8. The second kappa shape index (κ2) is 7.49. The van der Waals surface area contributed by atoms with Crippen LogP contribution in [0, 0.1) is 6.92 Å². The monoisotopic (exact) mass is 362 g/mol. The van der Waals surface area contributed by atoms with E-state index in [1.165, 1.54) is 10.4 Å². The Labute approximate surface area is 153 Å². The van der Waals surface area contributed by atoms with E-state index in [-0.39, 0.29) is 24.9 Å². The third-order valence-electron chi connectivity index (χ3n) is 4.98. The molecule has 8 heteroatoms. The highest BCUT2D eigenvalue weighted by molar-refractivity contribution is 5.85. The standard InChI is InChI=1S/C17H22N6O.ClH/c1-12-2-4-13(5-3-12)17-19-21-22(20-17)11-16(24)23-14-6-7-15(23)10-18-9-8-14;/h2-5,14-15,18H,6-11H2,1H3;1H. The Balaban J connectivity index is 0.00000182. The number of carbonyl (C=O) groups excluding carboxylic acids is 1. The normalized spacial score (nSPS) is 22.4. The maximum atomic E-state index is 12.7. The molecule has 0 spiro atoms. The van der Waals surface area contributed by atoms with Crippen LogP contribution in [0.2, 0.25) is 0 Å². The van der Waals surface area contributed by atoms with Gasteiger partial charge in [0, 0.05) is 24.2 Å². The van der Waals surface area contributed by atoms with Crippen molar-refractivity contribution in [3.8, 4) is 11.4 Å². The van der Waals surface area contributed by atoms with Crippen molar-refractivity contribution in [3.63, 3.8) is 0 Å². The molecule has 134 valence electrons. The molecular formula is C17H23ClN6O. The highest BCUT2D eigenvalue weighted by Gasteiger charge is 2.38. The molecule has 4 rings (SSSR count). The summed E-state index contributed by atoms with van der Waals surface area (Å²) < 4.78 is 0. The van der Waals surface area contributed by atoms with Gasteiger partial charge in [-0.1, -0.05) is 29.8 Å². The van der Waals surface area contributed by atoms with E-state index < -0.39 is 0 Å². The largest absolute Gasteiger partial charge is 0.334 e. The summed E-state index contributed by atoms with van der Waals surface area (Å²) in [4.78, 5) is 16.2. The molecule has 2 bridgehead atoms. The first-order valence-corrected chi connectivity index (χ1v) is 8.57. The van der Waals surface area contributed by atoms with Gasteiger partial charge in [0.15, 0.2) is 0 Å². The number of halogens is 1. The zero-order valence-electron chi connectivity index (χ0n) is 14.3. The number of aryl methyl sites for hydroxylation is 1. The second-order valence-corrected chi connectivity index (χ2v) is 6.69. The lowest BCUT2D eigenvalue weighted by Crippen LogP contribution is -2.44. The third-order valence-corrected chi connectivity index (χ3v) is 4.98. The van der Waals surface area contributed by atoms with Crippen LogP contribution in [0.5, 0.6) is 0 Å². The molecule has 2 fully saturated rings. The third kappa shape index (κ3) is 3.67. The van der Waals surface area contributed by atoms with E-state index in [2.05, 4.69) is 25.6 Å². The predicted molar refractivity (Wildman–Crippen MR) is 96.4 cm³/mol. The summed E-state index contributed by atoms with van der Waals surface area (Å²) in [7, 11) is 0. The number of fused-ring (bicyclic) bond motifs is 2. The zero-order valence-corrected chi connectivity index (χ0v) is 15.1. The van der Waals surface area contributed by atoms with Crippen molar-refractivity contribution in [3.05, 3.63) is 29.8 Å². The van der Waals surface area contributed by atoms with E-state index in [9.17, 15) is 4.79 Å². The summed E-state index contributed by atoms with van der Waals surface area (Å²) in [6.45, 7) is 4.08. The molecular weight excluding hydrogens is 340 g/mol. The number of hydrogen-bond acceptors (Lipinski definition) is 5. The van der Waals surface area contributed by atoms with Crippen LogP contribution in [0.15, 0.2) is 24.3 Å². The van der Waals surface area contributed by atoms with Gasteiger partial charge >= 0.3 is 0 Å². The average Bonchev–Trinajstić information content (AvgIpc) is 3.11. The van der Waals surface area contributed by atoms with E-state index in [0.29, 0.717) is 17.9 Å². The molecule has 1 N–H and O–H groups in total. The molecule has 2 aromatic rings. The molecule has 25 heavy (non-hydrogen) atoms. The van der Waals surface area contributed by atoms with Gasteiger partial charge in [-0.05, 0) is 37.9 Å². The number of amides is 1. The molecule has 0 radical (unpaired) electrons. The Morgan fingerprint density at radius 2 is 1.96 bits per heavy atom. The lowest BCUT2D eigenvalue weighted by Gasteiger charge is -2.27. The molecule has 1 aromatic heterocycles. The number of nitrogens with one attached hydrogen (secondary N) is 1. The predicted octanol–water partition coefficient (Wildman–Crippen LogP) is 1.42. The highest BCUT2D eigenvalue weighted by atomic mass is 35.5. The van der Waals surface area contributed by atoms with Crippen molar-refractivity contribution in [2.24, 2.45) is 0 Å². The van der Waals surface area contributed by atoms with Crippen LogP contribution in [-0.2, 0) is 11.3 Å². The minimum atomic E-state index is 0.